The summed E-state index contributed by atoms with van der Waals surface area (Å²) in [5, 5.41) is 10.7. The highest BCUT2D eigenvalue weighted by Gasteiger charge is 2.30. The molecule has 8 heteroatoms. The molecular weight excluding hydrogens is 424 g/mol. The first-order valence-electron chi connectivity index (χ1n) is 11.2. The van der Waals surface area contributed by atoms with Gasteiger partial charge in [0.05, 0.1) is 31.4 Å². The van der Waals surface area contributed by atoms with Crippen molar-refractivity contribution in [1.82, 2.24) is 9.88 Å². The molecule has 0 bridgehead atoms. The molecule has 0 radical (unpaired) electrons. The van der Waals surface area contributed by atoms with Gasteiger partial charge in [0, 0.05) is 18.0 Å². The van der Waals surface area contributed by atoms with Crippen molar-refractivity contribution in [1.29, 1.82) is 0 Å². The number of benzene rings is 1. The maximum absolute atomic E-state index is 12.9. The van der Waals surface area contributed by atoms with E-state index >= 15 is 0 Å². The lowest BCUT2D eigenvalue weighted by Crippen LogP contribution is -2.45. The molecule has 8 nitrogen and oxygen atoms in total. The molecule has 178 valence electrons. The summed E-state index contributed by atoms with van der Waals surface area (Å²) < 4.78 is 16.8. The number of carbonyl (C=O) groups excluding carboxylic acids is 2. The van der Waals surface area contributed by atoms with E-state index in [4.69, 9.17) is 14.2 Å². The Hall–Kier alpha value is -3.13. The van der Waals surface area contributed by atoms with Gasteiger partial charge >= 0.3 is 12.1 Å². The lowest BCUT2D eigenvalue weighted by atomic mass is 9.99. The van der Waals surface area contributed by atoms with Crippen LogP contribution in [0.5, 0.6) is 5.75 Å². The van der Waals surface area contributed by atoms with E-state index in [1.54, 1.807) is 70.4 Å². The first-order valence-corrected chi connectivity index (χ1v) is 11.2. The number of amides is 1. The van der Waals surface area contributed by atoms with Crippen molar-refractivity contribution in [3.05, 3.63) is 59.4 Å². The summed E-state index contributed by atoms with van der Waals surface area (Å²) in [6.45, 7) is 7.80. The Bertz CT molecular complexity index is 957. The zero-order chi connectivity index (χ0) is 24.0. The molecule has 3 rings (SSSR count). The van der Waals surface area contributed by atoms with Crippen LogP contribution in [0.2, 0.25) is 0 Å². The van der Waals surface area contributed by atoms with Crippen molar-refractivity contribution in [2.75, 3.05) is 19.7 Å². The van der Waals surface area contributed by atoms with E-state index in [9.17, 15) is 14.7 Å². The van der Waals surface area contributed by atoms with Gasteiger partial charge in [-0.2, -0.15) is 0 Å². The van der Waals surface area contributed by atoms with Crippen LogP contribution >= 0.6 is 0 Å². The van der Waals surface area contributed by atoms with Gasteiger partial charge in [0.1, 0.15) is 17.5 Å². The SMILES string of the molecule is CCOC(=O)c1ccc2c(c1)CCC(CN(C[C@@H](O)c1cccnc1)C(=O)OC(C)(C)C)O2. The van der Waals surface area contributed by atoms with E-state index in [0.717, 1.165) is 5.56 Å². The van der Waals surface area contributed by atoms with Gasteiger partial charge in [-0.05, 0) is 70.4 Å². The molecule has 1 aromatic heterocycles. The van der Waals surface area contributed by atoms with Gasteiger partial charge in [0.2, 0.25) is 0 Å². The Balaban J connectivity index is 1.72. The van der Waals surface area contributed by atoms with Gasteiger partial charge in [-0.15, -0.1) is 0 Å². The van der Waals surface area contributed by atoms with E-state index in [1.165, 1.54) is 4.90 Å². The molecule has 1 aliphatic heterocycles. The van der Waals surface area contributed by atoms with Crippen molar-refractivity contribution < 1.29 is 28.9 Å². The van der Waals surface area contributed by atoms with Gasteiger partial charge in [-0.1, -0.05) is 6.07 Å². The number of ether oxygens (including phenoxy) is 3. The third-order valence-corrected chi connectivity index (χ3v) is 5.14. The maximum atomic E-state index is 12.9. The molecule has 0 aliphatic carbocycles. The second-order valence-electron chi connectivity index (χ2n) is 9.01. The summed E-state index contributed by atoms with van der Waals surface area (Å²) >= 11 is 0. The molecule has 0 spiro atoms. The maximum Gasteiger partial charge on any atom is 0.410 e. The van der Waals surface area contributed by atoms with E-state index in [-0.39, 0.29) is 25.2 Å². The Morgan fingerprint density at radius 1 is 1.30 bits per heavy atom. The fourth-order valence-electron chi connectivity index (χ4n) is 3.60. The molecule has 1 unspecified atom stereocenters. The van der Waals surface area contributed by atoms with E-state index in [0.29, 0.717) is 36.3 Å². The molecule has 2 heterocycles. The highest BCUT2D eigenvalue weighted by molar-refractivity contribution is 5.89. The van der Waals surface area contributed by atoms with Crippen molar-refractivity contribution >= 4 is 12.1 Å². The van der Waals surface area contributed by atoms with Gasteiger partial charge in [0.15, 0.2) is 0 Å². The van der Waals surface area contributed by atoms with Crippen molar-refractivity contribution in [2.24, 2.45) is 0 Å². The van der Waals surface area contributed by atoms with Gasteiger partial charge < -0.3 is 24.2 Å². The van der Waals surface area contributed by atoms with Crippen LogP contribution in [0.15, 0.2) is 42.7 Å². The van der Waals surface area contributed by atoms with E-state index < -0.39 is 17.8 Å². The highest BCUT2D eigenvalue weighted by Crippen LogP contribution is 2.30. The number of carbonyl (C=O) groups is 2. The smallest absolute Gasteiger partial charge is 0.410 e. The van der Waals surface area contributed by atoms with Crippen LogP contribution in [0.3, 0.4) is 0 Å². The standard InChI is InChI=1S/C25H32N2O6/c1-5-31-23(29)18-9-11-22-17(13-18)8-10-20(32-22)15-27(24(30)33-25(2,3)4)16-21(28)19-7-6-12-26-14-19/h6-7,9,11-14,20-21,28H,5,8,10,15-16H2,1-4H3/t20?,21-/m1/s1. The largest absolute Gasteiger partial charge is 0.488 e. The highest BCUT2D eigenvalue weighted by atomic mass is 16.6. The second kappa shape index (κ2) is 10.7. The van der Waals surface area contributed by atoms with Crippen LogP contribution in [-0.2, 0) is 15.9 Å². The third-order valence-electron chi connectivity index (χ3n) is 5.14. The lowest BCUT2D eigenvalue weighted by molar-refractivity contribution is 0.00362. The molecule has 0 fully saturated rings. The van der Waals surface area contributed by atoms with E-state index in [2.05, 4.69) is 4.98 Å². The number of aromatic nitrogens is 1. The third kappa shape index (κ3) is 6.92. The molecule has 2 aromatic rings. The Labute approximate surface area is 194 Å². The summed E-state index contributed by atoms with van der Waals surface area (Å²) in [6, 6.07) is 8.73. The summed E-state index contributed by atoms with van der Waals surface area (Å²) in [6.07, 6.45) is 2.85. The number of nitrogens with zero attached hydrogens (tertiary/aromatic N) is 2. The number of aliphatic hydroxyl groups excluding tert-OH is 1. The first-order chi connectivity index (χ1) is 15.7. The van der Waals surface area contributed by atoms with Gasteiger partial charge in [-0.3, -0.25) is 4.98 Å². The second-order valence-corrected chi connectivity index (χ2v) is 9.01. The van der Waals surface area contributed by atoms with Gasteiger partial charge in [0.25, 0.3) is 0 Å². The average Bonchev–Trinajstić information content (AvgIpc) is 2.77. The number of aliphatic hydroxyl groups is 1. The summed E-state index contributed by atoms with van der Waals surface area (Å²) in [7, 11) is 0. The summed E-state index contributed by atoms with van der Waals surface area (Å²) in [4.78, 5) is 30.4. The average molecular weight is 457 g/mol. The number of hydrogen-bond donors (Lipinski definition) is 1. The lowest BCUT2D eigenvalue weighted by Gasteiger charge is -2.33. The Morgan fingerprint density at radius 3 is 2.76 bits per heavy atom. The zero-order valence-electron chi connectivity index (χ0n) is 19.6. The van der Waals surface area contributed by atoms with Crippen LogP contribution < -0.4 is 4.74 Å². The Morgan fingerprint density at radius 2 is 2.09 bits per heavy atom. The minimum atomic E-state index is -0.908. The summed E-state index contributed by atoms with van der Waals surface area (Å²) in [5.41, 5.74) is 1.37. The summed E-state index contributed by atoms with van der Waals surface area (Å²) in [5.74, 6) is 0.319. The van der Waals surface area contributed by atoms with Crippen molar-refractivity contribution in [2.45, 2.75) is 58.3 Å². The fraction of sp³-hybridized carbons (Fsp3) is 0.480. The van der Waals surface area contributed by atoms with Crippen LogP contribution in [0, 0.1) is 0 Å². The molecule has 0 saturated heterocycles. The molecule has 1 aliphatic rings. The molecular formula is C25H32N2O6. The number of pyridine rings is 1. The number of fused-ring (bicyclic) bond motifs is 1. The Kier molecular flexibility index (Phi) is 7.92. The quantitative estimate of drug-likeness (QED) is 0.631. The van der Waals surface area contributed by atoms with Gasteiger partial charge in [-0.25, -0.2) is 9.59 Å². The zero-order valence-corrected chi connectivity index (χ0v) is 19.6. The molecule has 0 saturated carbocycles. The first kappa shape index (κ1) is 24.5. The number of aryl methyl sites for hydroxylation is 1. The van der Waals surface area contributed by atoms with Crippen LogP contribution in [0.25, 0.3) is 0 Å². The van der Waals surface area contributed by atoms with E-state index in [1.807, 2.05) is 0 Å². The predicted octanol–water partition coefficient (Wildman–Crippen LogP) is 3.92. The molecule has 1 N–H and O–H groups in total. The van der Waals surface area contributed by atoms with Crippen LogP contribution in [0.4, 0.5) is 4.79 Å². The number of hydrogen-bond acceptors (Lipinski definition) is 7. The van der Waals surface area contributed by atoms with Crippen molar-refractivity contribution in [3.8, 4) is 5.75 Å². The van der Waals surface area contributed by atoms with Crippen LogP contribution in [0.1, 0.15) is 61.7 Å². The topological polar surface area (TPSA) is 98.2 Å². The number of rotatable bonds is 7. The molecule has 1 aromatic carbocycles. The number of esters is 1. The minimum absolute atomic E-state index is 0.0507. The minimum Gasteiger partial charge on any atom is -0.488 e. The monoisotopic (exact) mass is 456 g/mol. The fourth-order valence-corrected chi connectivity index (χ4v) is 3.60. The normalized spacial score (nSPS) is 16.2. The molecule has 1 amide bonds. The van der Waals surface area contributed by atoms with Crippen LogP contribution in [-0.4, -0.2) is 58.5 Å². The molecule has 33 heavy (non-hydrogen) atoms. The molecule has 2 atom stereocenters. The predicted molar refractivity (Wildman–Crippen MR) is 122 cm³/mol. The van der Waals surface area contributed by atoms with Crippen molar-refractivity contribution in [3.63, 3.8) is 0 Å².